The molecule has 3 aromatic carbocycles. The third-order valence-electron chi connectivity index (χ3n) is 5.12. The smallest absolute Gasteiger partial charge is 0.249 e. The Morgan fingerprint density at radius 3 is 2.31 bits per heavy atom. The molecule has 7 heteroatoms. The Morgan fingerprint density at radius 1 is 0.875 bits per heavy atom. The summed E-state index contributed by atoms with van der Waals surface area (Å²) in [6, 6.07) is 24.2. The van der Waals surface area contributed by atoms with Crippen molar-refractivity contribution in [3.8, 4) is 34.1 Å². The van der Waals surface area contributed by atoms with E-state index < -0.39 is 5.91 Å². The Balaban J connectivity index is 1.62. The molecular formula is C25H19N5O2. The summed E-state index contributed by atoms with van der Waals surface area (Å²) in [7, 11) is 0. The monoisotopic (exact) mass is 421 g/mol. The number of hydrogen-bond acceptors (Lipinski definition) is 5. The third kappa shape index (κ3) is 3.41. The Kier molecular flexibility index (Phi) is 4.76. The summed E-state index contributed by atoms with van der Waals surface area (Å²) in [5, 5.41) is 0. The maximum Gasteiger partial charge on any atom is 0.249 e. The molecule has 0 saturated carbocycles. The topological polar surface area (TPSA) is 109 Å². The molecule has 0 saturated heterocycles. The largest absolute Gasteiger partial charge is 0.457 e. The van der Waals surface area contributed by atoms with Crippen molar-refractivity contribution in [2.24, 2.45) is 5.73 Å². The number of benzene rings is 3. The van der Waals surface area contributed by atoms with E-state index in [1.165, 1.54) is 0 Å². The molecule has 0 radical (unpaired) electrons. The van der Waals surface area contributed by atoms with Crippen LogP contribution in [0.3, 0.4) is 0 Å². The lowest BCUT2D eigenvalue weighted by Crippen LogP contribution is -2.12. The van der Waals surface area contributed by atoms with E-state index in [1.54, 1.807) is 24.5 Å². The summed E-state index contributed by atoms with van der Waals surface area (Å²) < 4.78 is 7.71. The average molecular weight is 421 g/mol. The first-order valence-electron chi connectivity index (χ1n) is 9.97. The first-order chi connectivity index (χ1) is 15.6. The zero-order valence-corrected chi connectivity index (χ0v) is 17.0. The summed E-state index contributed by atoms with van der Waals surface area (Å²) in [6.45, 7) is 0. The molecule has 0 fully saturated rings. The molecule has 2 aromatic heterocycles. The van der Waals surface area contributed by atoms with Gasteiger partial charge in [-0.05, 0) is 42.5 Å². The van der Waals surface area contributed by atoms with Gasteiger partial charge in [-0.1, -0.05) is 36.4 Å². The second kappa shape index (κ2) is 7.88. The van der Waals surface area contributed by atoms with Gasteiger partial charge in [-0.2, -0.15) is 0 Å². The normalized spacial score (nSPS) is 10.9. The number of imidazole rings is 1. The molecular weight excluding hydrogens is 402 g/mol. The van der Waals surface area contributed by atoms with Crippen molar-refractivity contribution < 1.29 is 9.53 Å². The van der Waals surface area contributed by atoms with Crippen LogP contribution in [0.25, 0.3) is 28.2 Å². The van der Waals surface area contributed by atoms with Crippen LogP contribution in [0.15, 0.2) is 91.3 Å². The van der Waals surface area contributed by atoms with Crippen molar-refractivity contribution in [2.75, 3.05) is 5.73 Å². The van der Waals surface area contributed by atoms with Gasteiger partial charge in [-0.25, -0.2) is 9.97 Å². The van der Waals surface area contributed by atoms with Crippen molar-refractivity contribution in [3.05, 3.63) is 96.8 Å². The number of carbonyl (C=O) groups is 1. The number of anilines is 1. The molecule has 32 heavy (non-hydrogen) atoms. The van der Waals surface area contributed by atoms with Crippen LogP contribution in [0.4, 0.5) is 5.82 Å². The van der Waals surface area contributed by atoms with Crippen LogP contribution in [0, 0.1) is 0 Å². The highest BCUT2D eigenvalue weighted by molar-refractivity contribution is 6.00. The Labute approximate surface area is 183 Å². The number of primary amides is 1. The standard InChI is InChI=1S/C25H19N5O2/c26-23-22-21(16-10-12-18(13-11-16)32-17-6-2-1-3-7-17)29-25(30(22)15-14-28-23)20-9-5-4-8-19(20)24(27)31/h1-15H,(H2,26,28)(H2,27,31). The lowest BCUT2D eigenvalue weighted by Gasteiger charge is -2.06. The van der Waals surface area contributed by atoms with Gasteiger partial charge in [0.05, 0.1) is 5.56 Å². The van der Waals surface area contributed by atoms with Gasteiger partial charge in [0.25, 0.3) is 0 Å². The first kappa shape index (κ1) is 19.3. The lowest BCUT2D eigenvalue weighted by molar-refractivity contribution is 0.100. The molecule has 2 heterocycles. The number of fused-ring (bicyclic) bond motifs is 1. The van der Waals surface area contributed by atoms with Crippen molar-refractivity contribution >= 4 is 17.2 Å². The Morgan fingerprint density at radius 2 is 1.56 bits per heavy atom. The number of carbonyl (C=O) groups excluding carboxylic acids is 1. The minimum Gasteiger partial charge on any atom is -0.457 e. The van der Waals surface area contributed by atoms with E-state index in [4.69, 9.17) is 21.2 Å². The predicted octanol–water partition coefficient (Wildman–Crippen LogP) is 4.54. The van der Waals surface area contributed by atoms with Gasteiger partial charge in [0.2, 0.25) is 5.91 Å². The molecule has 5 aromatic rings. The summed E-state index contributed by atoms with van der Waals surface area (Å²) >= 11 is 0. The van der Waals surface area contributed by atoms with Gasteiger partial charge >= 0.3 is 0 Å². The van der Waals surface area contributed by atoms with Crippen molar-refractivity contribution in [1.29, 1.82) is 0 Å². The van der Waals surface area contributed by atoms with E-state index in [1.807, 2.05) is 71.1 Å². The van der Waals surface area contributed by atoms with Gasteiger partial charge in [0, 0.05) is 23.5 Å². The fourth-order valence-corrected chi connectivity index (χ4v) is 3.65. The van der Waals surface area contributed by atoms with Gasteiger partial charge in [0.1, 0.15) is 34.4 Å². The molecule has 0 aliphatic carbocycles. The van der Waals surface area contributed by atoms with Crippen molar-refractivity contribution in [2.45, 2.75) is 0 Å². The molecule has 0 spiro atoms. The maximum absolute atomic E-state index is 12.0. The number of rotatable bonds is 5. The summed E-state index contributed by atoms with van der Waals surface area (Å²) in [5.74, 6) is 1.83. The summed E-state index contributed by atoms with van der Waals surface area (Å²) in [5.41, 5.74) is 15.0. The first-order valence-corrected chi connectivity index (χ1v) is 9.97. The molecule has 0 atom stereocenters. The molecule has 156 valence electrons. The number of amides is 1. The maximum atomic E-state index is 12.0. The van der Waals surface area contributed by atoms with E-state index in [0.717, 1.165) is 11.3 Å². The number of para-hydroxylation sites is 1. The Hall–Kier alpha value is -4.65. The van der Waals surface area contributed by atoms with E-state index in [-0.39, 0.29) is 0 Å². The Bertz CT molecular complexity index is 1430. The quantitative estimate of drug-likeness (QED) is 0.433. The number of ether oxygens (including phenoxy) is 1. The second-order valence-corrected chi connectivity index (χ2v) is 7.16. The predicted molar refractivity (Wildman–Crippen MR) is 123 cm³/mol. The molecule has 0 bridgehead atoms. The molecule has 0 aliphatic heterocycles. The number of nitrogen functional groups attached to an aromatic ring is 1. The molecule has 5 rings (SSSR count). The molecule has 0 unspecified atom stereocenters. The van der Waals surface area contributed by atoms with E-state index >= 15 is 0 Å². The second-order valence-electron chi connectivity index (χ2n) is 7.16. The van der Waals surface area contributed by atoms with Crippen LogP contribution in [-0.2, 0) is 0 Å². The highest BCUT2D eigenvalue weighted by Gasteiger charge is 2.20. The molecule has 1 amide bonds. The van der Waals surface area contributed by atoms with Crippen LogP contribution in [0.1, 0.15) is 10.4 Å². The zero-order valence-electron chi connectivity index (χ0n) is 17.0. The third-order valence-corrected chi connectivity index (χ3v) is 5.12. The van der Waals surface area contributed by atoms with Crippen molar-refractivity contribution in [3.63, 3.8) is 0 Å². The van der Waals surface area contributed by atoms with Gasteiger partial charge < -0.3 is 16.2 Å². The molecule has 0 aliphatic rings. The minimum absolute atomic E-state index is 0.336. The van der Waals surface area contributed by atoms with E-state index in [0.29, 0.717) is 39.7 Å². The summed E-state index contributed by atoms with van der Waals surface area (Å²) in [4.78, 5) is 21.1. The fourth-order valence-electron chi connectivity index (χ4n) is 3.65. The summed E-state index contributed by atoms with van der Waals surface area (Å²) in [6.07, 6.45) is 3.36. The SMILES string of the molecule is NC(=O)c1ccccc1-c1nc(-c2ccc(Oc3ccccc3)cc2)c2c(N)nccn12. The lowest BCUT2D eigenvalue weighted by atomic mass is 10.1. The highest BCUT2D eigenvalue weighted by atomic mass is 16.5. The number of hydrogen-bond donors (Lipinski definition) is 2. The van der Waals surface area contributed by atoms with Crippen LogP contribution in [-0.4, -0.2) is 20.3 Å². The highest BCUT2D eigenvalue weighted by Crippen LogP contribution is 2.34. The number of nitrogens with zero attached hydrogens (tertiary/aromatic N) is 3. The van der Waals surface area contributed by atoms with E-state index in [2.05, 4.69) is 4.98 Å². The van der Waals surface area contributed by atoms with Gasteiger partial charge in [0.15, 0.2) is 0 Å². The fraction of sp³-hybridized carbons (Fsp3) is 0. The average Bonchev–Trinajstić information content (AvgIpc) is 3.21. The number of nitrogens with two attached hydrogens (primary N) is 2. The number of aromatic nitrogens is 3. The van der Waals surface area contributed by atoms with E-state index in [9.17, 15) is 4.79 Å². The minimum atomic E-state index is -0.525. The van der Waals surface area contributed by atoms with Crippen LogP contribution in [0.2, 0.25) is 0 Å². The molecule has 4 N–H and O–H groups in total. The van der Waals surface area contributed by atoms with Crippen molar-refractivity contribution in [1.82, 2.24) is 14.4 Å². The van der Waals surface area contributed by atoms with Crippen LogP contribution in [0.5, 0.6) is 11.5 Å². The van der Waals surface area contributed by atoms with Gasteiger partial charge in [-0.3, -0.25) is 9.20 Å². The van der Waals surface area contributed by atoms with Crippen LogP contribution >= 0.6 is 0 Å². The van der Waals surface area contributed by atoms with Gasteiger partial charge in [-0.15, -0.1) is 0 Å². The zero-order chi connectivity index (χ0) is 22.1. The van der Waals surface area contributed by atoms with Crippen LogP contribution < -0.4 is 16.2 Å². The molecule has 7 nitrogen and oxygen atoms in total.